The number of thiazole rings is 1. The lowest BCUT2D eigenvalue weighted by atomic mass is 10.2. The van der Waals surface area contributed by atoms with E-state index in [-0.39, 0.29) is 31.4 Å². The van der Waals surface area contributed by atoms with E-state index < -0.39 is 0 Å². The normalized spacial score (nSPS) is 10.7. The molecule has 1 aromatic carbocycles. The van der Waals surface area contributed by atoms with Crippen molar-refractivity contribution in [3.8, 4) is 0 Å². The van der Waals surface area contributed by atoms with Gasteiger partial charge in [-0.25, -0.2) is 4.98 Å². The van der Waals surface area contributed by atoms with Crippen LogP contribution in [0.4, 0.5) is 0 Å². The van der Waals surface area contributed by atoms with E-state index in [1.54, 1.807) is 71.3 Å². The van der Waals surface area contributed by atoms with Crippen molar-refractivity contribution in [3.05, 3.63) is 99.2 Å². The topological polar surface area (TPSA) is 88.6 Å². The number of halogens is 1. The molecule has 0 aliphatic heterocycles. The summed E-state index contributed by atoms with van der Waals surface area (Å²) in [7, 11) is 0. The van der Waals surface area contributed by atoms with Crippen LogP contribution in [0, 0.1) is 0 Å². The van der Waals surface area contributed by atoms with Crippen molar-refractivity contribution in [3.63, 3.8) is 0 Å². The monoisotopic (exact) mass is 455 g/mol. The smallest absolute Gasteiger partial charge is 0.271 e. The zero-order valence-electron chi connectivity index (χ0n) is 16.3. The molecule has 158 valence electrons. The van der Waals surface area contributed by atoms with E-state index in [1.807, 2.05) is 0 Å². The molecule has 3 aromatic heterocycles. The minimum Gasteiger partial charge on any atom is -0.467 e. The number of nitrogens with zero attached hydrogens (tertiary/aromatic N) is 2. The number of nitrogens with one attached hydrogen (secondary N) is 1. The second kappa shape index (κ2) is 9.63. The minimum absolute atomic E-state index is 0.188. The number of hydrogen-bond donors (Lipinski definition) is 1. The molecule has 0 spiro atoms. The predicted octanol–water partition coefficient (Wildman–Crippen LogP) is 4.76. The van der Waals surface area contributed by atoms with Crippen LogP contribution in [-0.2, 0) is 19.6 Å². The molecule has 0 aliphatic carbocycles. The van der Waals surface area contributed by atoms with E-state index in [1.165, 1.54) is 11.3 Å². The van der Waals surface area contributed by atoms with Gasteiger partial charge in [0.1, 0.15) is 22.2 Å². The third kappa shape index (κ3) is 5.42. The van der Waals surface area contributed by atoms with Crippen LogP contribution in [0.1, 0.15) is 37.4 Å². The summed E-state index contributed by atoms with van der Waals surface area (Å²) in [6, 6.07) is 13.8. The van der Waals surface area contributed by atoms with Gasteiger partial charge in [0, 0.05) is 16.0 Å². The van der Waals surface area contributed by atoms with Crippen LogP contribution in [0.25, 0.3) is 0 Å². The number of rotatable bonds is 8. The van der Waals surface area contributed by atoms with Crippen molar-refractivity contribution < 1.29 is 18.4 Å². The van der Waals surface area contributed by atoms with Gasteiger partial charge in [-0.3, -0.25) is 9.59 Å². The average Bonchev–Trinajstić information content (AvgIpc) is 3.54. The van der Waals surface area contributed by atoms with Gasteiger partial charge in [0.05, 0.1) is 32.2 Å². The molecule has 0 atom stereocenters. The van der Waals surface area contributed by atoms with Crippen LogP contribution in [0.5, 0.6) is 0 Å². The minimum atomic E-state index is -0.305. The summed E-state index contributed by atoms with van der Waals surface area (Å²) in [6.45, 7) is 0.782. The van der Waals surface area contributed by atoms with Crippen molar-refractivity contribution in [2.45, 2.75) is 19.6 Å². The predicted molar refractivity (Wildman–Crippen MR) is 116 cm³/mol. The maximum atomic E-state index is 13.1. The van der Waals surface area contributed by atoms with Crippen LogP contribution < -0.4 is 5.32 Å². The van der Waals surface area contributed by atoms with Gasteiger partial charge in [0.25, 0.3) is 11.8 Å². The summed E-state index contributed by atoms with van der Waals surface area (Å²) in [5.74, 6) is 0.810. The van der Waals surface area contributed by atoms with Crippen molar-refractivity contribution in [1.29, 1.82) is 0 Å². The fraction of sp³-hybridized carbons (Fsp3) is 0.136. The average molecular weight is 456 g/mol. The molecule has 0 fully saturated rings. The molecule has 3 heterocycles. The Morgan fingerprint density at radius 1 is 1.00 bits per heavy atom. The van der Waals surface area contributed by atoms with Crippen molar-refractivity contribution in [2.75, 3.05) is 0 Å². The Hall–Kier alpha value is -3.36. The molecule has 4 rings (SSSR count). The van der Waals surface area contributed by atoms with Crippen LogP contribution in [0.2, 0.25) is 5.02 Å². The summed E-state index contributed by atoms with van der Waals surface area (Å²) >= 11 is 7.26. The molecule has 0 bridgehead atoms. The third-order valence-electron chi connectivity index (χ3n) is 4.42. The highest BCUT2D eigenvalue weighted by Crippen LogP contribution is 2.19. The Kier molecular flexibility index (Phi) is 6.49. The van der Waals surface area contributed by atoms with Gasteiger partial charge in [0.15, 0.2) is 0 Å². The number of furan rings is 2. The largest absolute Gasteiger partial charge is 0.467 e. The number of aromatic nitrogens is 1. The fourth-order valence-electron chi connectivity index (χ4n) is 2.89. The van der Waals surface area contributed by atoms with Crippen LogP contribution in [0.3, 0.4) is 0 Å². The first-order chi connectivity index (χ1) is 15.1. The van der Waals surface area contributed by atoms with E-state index in [2.05, 4.69) is 10.3 Å². The zero-order valence-corrected chi connectivity index (χ0v) is 17.9. The van der Waals surface area contributed by atoms with Gasteiger partial charge in [-0.05, 0) is 48.5 Å². The lowest BCUT2D eigenvalue weighted by Crippen LogP contribution is -2.30. The zero-order chi connectivity index (χ0) is 21.6. The Bertz CT molecular complexity index is 1140. The SMILES string of the molecule is O=C(NCc1ccco1)c1csc(CN(Cc2ccco2)C(=O)c2ccc(Cl)cc2)n1. The van der Waals surface area contributed by atoms with Crippen LogP contribution in [-0.4, -0.2) is 21.7 Å². The molecule has 9 heteroatoms. The summed E-state index contributed by atoms with van der Waals surface area (Å²) in [4.78, 5) is 31.5. The summed E-state index contributed by atoms with van der Waals surface area (Å²) in [5.41, 5.74) is 0.798. The summed E-state index contributed by atoms with van der Waals surface area (Å²) in [5, 5.41) is 5.62. The van der Waals surface area contributed by atoms with Gasteiger partial charge < -0.3 is 19.1 Å². The maximum Gasteiger partial charge on any atom is 0.271 e. The lowest BCUT2D eigenvalue weighted by Gasteiger charge is -2.20. The molecule has 4 aromatic rings. The number of carbonyl (C=O) groups excluding carboxylic acids is 2. The van der Waals surface area contributed by atoms with Gasteiger partial charge in [-0.2, -0.15) is 0 Å². The molecule has 0 saturated heterocycles. The molecule has 0 aliphatic rings. The Morgan fingerprint density at radius 2 is 1.71 bits per heavy atom. The van der Waals surface area contributed by atoms with E-state index in [9.17, 15) is 9.59 Å². The lowest BCUT2D eigenvalue weighted by molar-refractivity contribution is 0.0717. The first-order valence-corrected chi connectivity index (χ1v) is 10.7. The molecule has 31 heavy (non-hydrogen) atoms. The first-order valence-electron chi connectivity index (χ1n) is 9.40. The standard InChI is InChI=1S/C22H18ClN3O4S/c23-16-7-5-15(6-8-16)22(28)26(12-18-4-2-10-30-18)13-20-25-19(14-31-20)21(27)24-11-17-3-1-9-29-17/h1-10,14H,11-13H2,(H,24,27). The highest BCUT2D eigenvalue weighted by molar-refractivity contribution is 7.09. The molecule has 0 unspecified atom stereocenters. The highest BCUT2D eigenvalue weighted by atomic mass is 35.5. The number of hydrogen-bond acceptors (Lipinski definition) is 6. The molecule has 2 amide bonds. The number of amides is 2. The number of carbonyl (C=O) groups is 2. The fourth-order valence-corrected chi connectivity index (χ4v) is 3.80. The molecular weight excluding hydrogens is 438 g/mol. The highest BCUT2D eigenvalue weighted by Gasteiger charge is 2.20. The van der Waals surface area contributed by atoms with Gasteiger partial charge >= 0.3 is 0 Å². The summed E-state index contributed by atoms with van der Waals surface area (Å²) < 4.78 is 10.6. The number of benzene rings is 1. The second-order valence-corrected chi connectivity index (χ2v) is 8.02. The van der Waals surface area contributed by atoms with E-state index in [4.69, 9.17) is 20.4 Å². The molecule has 7 nitrogen and oxygen atoms in total. The van der Waals surface area contributed by atoms with Crippen molar-refractivity contribution in [2.24, 2.45) is 0 Å². The van der Waals surface area contributed by atoms with Gasteiger partial charge in [0.2, 0.25) is 0 Å². The molecular formula is C22H18ClN3O4S. The Balaban J connectivity index is 1.47. The van der Waals surface area contributed by atoms with E-state index in [0.29, 0.717) is 32.8 Å². The molecule has 1 N–H and O–H groups in total. The van der Waals surface area contributed by atoms with Crippen molar-refractivity contribution >= 4 is 34.8 Å². The van der Waals surface area contributed by atoms with Gasteiger partial charge in [-0.15, -0.1) is 11.3 Å². The third-order valence-corrected chi connectivity index (χ3v) is 5.50. The molecule has 0 radical (unpaired) electrons. The Morgan fingerprint density at radius 3 is 2.39 bits per heavy atom. The van der Waals surface area contributed by atoms with Crippen LogP contribution >= 0.6 is 22.9 Å². The van der Waals surface area contributed by atoms with E-state index >= 15 is 0 Å². The Labute approximate surface area is 187 Å². The van der Waals surface area contributed by atoms with Crippen LogP contribution in [0.15, 0.2) is 75.3 Å². The van der Waals surface area contributed by atoms with Crippen molar-refractivity contribution in [1.82, 2.24) is 15.2 Å². The van der Waals surface area contributed by atoms with Gasteiger partial charge in [-0.1, -0.05) is 11.6 Å². The second-order valence-electron chi connectivity index (χ2n) is 6.64. The first kappa shape index (κ1) is 20.9. The quantitative estimate of drug-likeness (QED) is 0.414. The van der Waals surface area contributed by atoms with E-state index in [0.717, 1.165) is 0 Å². The maximum absolute atomic E-state index is 13.1. The summed E-state index contributed by atoms with van der Waals surface area (Å²) in [6.07, 6.45) is 3.11. The molecule has 0 saturated carbocycles.